The SMILES string of the molecule is O=C(NCCOCC(F)(F)F)c1cc(F)cnc1Cl. The van der Waals surface area contributed by atoms with Crippen molar-refractivity contribution >= 4 is 17.5 Å². The quantitative estimate of drug-likeness (QED) is 0.515. The Kier molecular flexibility index (Phi) is 5.49. The van der Waals surface area contributed by atoms with Gasteiger partial charge in [0.2, 0.25) is 0 Å². The molecule has 1 aromatic rings. The lowest BCUT2D eigenvalue weighted by atomic mass is 10.2. The lowest BCUT2D eigenvalue weighted by molar-refractivity contribution is -0.173. The Morgan fingerprint density at radius 2 is 2.16 bits per heavy atom. The minimum Gasteiger partial charge on any atom is -0.370 e. The highest BCUT2D eigenvalue weighted by Crippen LogP contribution is 2.14. The molecule has 1 amide bonds. The van der Waals surface area contributed by atoms with Gasteiger partial charge in [0.25, 0.3) is 5.91 Å². The number of ether oxygens (including phenoxy) is 1. The second kappa shape index (κ2) is 6.67. The molecule has 0 atom stereocenters. The van der Waals surface area contributed by atoms with Crippen molar-refractivity contribution in [2.75, 3.05) is 19.8 Å². The molecule has 0 saturated heterocycles. The summed E-state index contributed by atoms with van der Waals surface area (Å²) in [4.78, 5) is 14.9. The van der Waals surface area contributed by atoms with E-state index in [0.29, 0.717) is 0 Å². The van der Waals surface area contributed by atoms with Crippen LogP contribution in [0, 0.1) is 5.82 Å². The van der Waals surface area contributed by atoms with Crippen molar-refractivity contribution in [3.63, 3.8) is 0 Å². The van der Waals surface area contributed by atoms with Crippen LogP contribution in [0.3, 0.4) is 0 Å². The number of pyridine rings is 1. The summed E-state index contributed by atoms with van der Waals surface area (Å²) >= 11 is 5.57. The first-order valence-corrected chi connectivity index (χ1v) is 5.41. The molecule has 0 radical (unpaired) electrons. The number of alkyl halides is 3. The highest BCUT2D eigenvalue weighted by molar-refractivity contribution is 6.32. The zero-order valence-electron chi connectivity index (χ0n) is 9.43. The number of carbonyl (C=O) groups excluding carboxylic acids is 1. The summed E-state index contributed by atoms with van der Waals surface area (Å²) in [6.45, 7) is -1.89. The number of halogens is 5. The third kappa shape index (κ3) is 5.84. The number of rotatable bonds is 5. The monoisotopic (exact) mass is 300 g/mol. The minimum absolute atomic E-state index is 0.165. The van der Waals surface area contributed by atoms with Crippen LogP contribution >= 0.6 is 11.6 Å². The fourth-order valence-electron chi connectivity index (χ4n) is 1.10. The molecular weight excluding hydrogens is 292 g/mol. The van der Waals surface area contributed by atoms with Crippen molar-refractivity contribution in [3.05, 3.63) is 28.8 Å². The summed E-state index contributed by atoms with van der Waals surface area (Å²) in [5.74, 6) is -1.49. The summed E-state index contributed by atoms with van der Waals surface area (Å²) in [6, 6.07) is 0.876. The average Bonchev–Trinajstić information content (AvgIpc) is 2.30. The Hall–Kier alpha value is -1.41. The van der Waals surface area contributed by atoms with Gasteiger partial charge in [-0.1, -0.05) is 11.6 Å². The maximum Gasteiger partial charge on any atom is 0.411 e. The smallest absolute Gasteiger partial charge is 0.370 e. The van der Waals surface area contributed by atoms with Crippen LogP contribution in [0.15, 0.2) is 12.3 Å². The number of hydrogen-bond acceptors (Lipinski definition) is 3. The number of aromatic nitrogens is 1. The van der Waals surface area contributed by atoms with Crippen molar-refractivity contribution in [2.45, 2.75) is 6.18 Å². The average molecular weight is 301 g/mol. The molecule has 0 aromatic carbocycles. The minimum atomic E-state index is -4.42. The molecule has 106 valence electrons. The van der Waals surface area contributed by atoms with E-state index in [1.54, 1.807) is 0 Å². The van der Waals surface area contributed by atoms with Crippen molar-refractivity contribution in [1.29, 1.82) is 0 Å². The molecule has 0 bridgehead atoms. The van der Waals surface area contributed by atoms with Gasteiger partial charge < -0.3 is 10.1 Å². The topological polar surface area (TPSA) is 51.2 Å². The summed E-state index contributed by atoms with van der Waals surface area (Å²) in [5.41, 5.74) is -0.197. The van der Waals surface area contributed by atoms with Gasteiger partial charge in [-0.05, 0) is 6.07 Å². The molecular formula is C10H9ClF4N2O2. The second-order valence-corrected chi connectivity index (χ2v) is 3.77. The normalized spacial score (nSPS) is 11.4. The summed E-state index contributed by atoms with van der Waals surface area (Å²) in [6.07, 6.45) is -3.58. The van der Waals surface area contributed by atoms with E-state index in [2.05, 4.69) is 15.0 Å². The van der Waals surface area contributed by atoms with Crippen molar-refractivity contribution in [3.8, 4) is 0 Å². The van der Waals surface area contributed by atoms with Gasteiger partial charge in [-0.15, -0.1) is 0 Å². The van der Waals surface area contributed by atoms with Gasteiger partial charge in [-0.3, -0.25) is 4.79 Å². The van der Waals surface area contributed by atoms with E-state index in [9.17, 15) is 22.4 Å². The van der Waals surface area contributed by atoms with E-state index in [-0.39, 0.29) is 23.9 Å². The molecule has 1 aromatic heterocycles. The van der Waals surface area contributed by atoms with Gasteiger partial charge in [0, 0.05) is 6.54 Å². The number of nitrogens with one attached hydrogen (secondary N) is 1. The van der Waals surface area contributed by atoms with E-state index in [0.717, 1.165) is 12.3 Å². The molecule has 0 aliphatic rings. The second-order valence-electron chi connectivity index (χ2n) is 3.42. The standard InChI is InChI=1S/C10H9ClF4N2O2/c11-8-7(3-6(12)4-17-8)9(18)16-1-2-19-5-10(13,14)15/h3-4H,1-2,5H2,(H,16,18). The molecule has 1 heterocycles. The first-order chi connectivity index (χ1) is 8.79. The summed E-state index contributed by atoms with van der Waals surface area (Å²) in [7, 11) is 0. The van der Waals surface area contributed by atoms with Crippen LogP contribution in [-0.4, -0.2) is 36.8 Å². The Bertz CT molecular complexity index is 454. The maximum absolute atomic E-state index is 12.8. The number of amides is 1. The number of hydrogen-bond donors (Lipinski definition) is 1. The Morgan fingerprint density at radius 3 is 2.79 bits per heavy atom. The predicted molar refractivity (Wildman–Crippen MR) is 58.4 cm³/mol. The first kappa shape index (κ1) is 15.6. The zero-order valence-corrected chi connectivity index (χ0v) is 10.2. The van der Waals surface area contributed by atoms with Gasteiger partial charge >= 0.3 is 6.18 Å². The zero-order chi connectivity index (χ0) is 14.5. The van der Waals surface area contributed by atoms with E-state index in [4.69, 9.17) is 11.6 Å². The molecule has 19 heavy (non-hydrogen) atoms. The summed E-state index contributed by atoms with van der Waals surface area (Å²) in [5, 5.41) is 2.03. The van der Waals surface area contributed by atoms with Crippen LogP contribution in [0.25, 0.3) is 0 Å². The first-order valence-electron chi connectivity index (χ1n) is 5.03. The third-order valence-electron chi connectivity index (χ3n) is 1.85. The van der Waals surface area contributed by atoms with Gasteiger partial charge in [-0.2, -0.15) is 13.2 Å². The van der Waals surface area contributed by atoms with Crippen LogP contribution in [0.4, 0.5) is 17.6 Å². The van der Waals surface area contributed by atoms with E-state index in [1.807, 2.05) is 0 Å². The Balaban J connectivity index is 2.38. The fourth-order valence-corrected chi connectivity index (χ4v) is 1.29. The Labute approximate surface area is 110 Å². The van der Waals surface area contributed by atoms with E-state index >= 15 is 0 Å². The molecule has 9 heteroatoms. The van der Waals surface area contributed by atoms with Crippen LogP contribution < -0.4 is 5.32 Å². The fraction of sp³-hybridized carbons (Fsp3) is 0.400. The number of nitrogens with zero attached hydrogens (tertiary/aromatic N) is 1. The molecule has 1 N–H and O–H groups in total. The van der Waals surface area contributed by atoms with Gasteiger partial charge in [0.1, 0.15) is 17.6 Å². The maximum atomic E-state index is 12.8. The van der Waals surface area contributed by atoms with Crippen molar-refractivity contribution in [1.82, 2.24) is 10.3 Å². The molecule has 0 spiro atoms. The van der Waals surface area contributed by atoms with Crippen LogP contribution in [0.5, 0.6) is 0 Å². The summed E-state index contributed by atoms with van der Waals surface area (Å²) < 4.78 is 52.3. The molecule has 4 nitrogen and oxygen atoms in total. The largest absolute Gasteiger partial charge is 0.411 e. The molecule has 0 aliphatic heterocycles. The van der Waals surface area contributed by atoms with Crippen LogP contribution in [0.2, 0.25) is 5.15 Å². The highest BCUT2D eigenvalue weighted by Gasteiger charge is 2.27. The predicted octanol–water partition coefficient (Wildman–Crippen LogP) is 2.18. The molecule has 0 fully saturated rings. The van der Waals surface area contributed by atoms with Crippen LogP contribution in [0.1, 0.15) is 10.4 Å². The molecule has 1 rings (SSSR count). The Morgan fingerprint density at radius 1 is 1.47 bits per heavy atom. The highest BCUT2D eigenvalue weighted by atomic mass is 35.5. The molecule has 0 aliphatic carbocycles. The number of carbonyl (C=O) groups is 1. The van der Waals surface area contributed by atoms with Crippen molar-refractivity contribution < 1.29 is 27.1 Å². The lowest BCUT2D eigenvalue weighted by Gasteiger charge is -2.09. The van der Waals surface area contributed by atoms with E-state index in [1.165, 1.54) is 0 Å². The van der Waals surface area contributed by atoms with Gasteiger partial charge in [0.05, 0.1) is 18.4 Å². The molecule has 0 saturated carbocycles. The van der Waals surface area contributed by atoms with Gasteiger partial charge in [0.15, 0.2) is 0 Å². The third-order valence-corrected chi connectivity index (χ3v) is 2.15. The molecule has 0 unspecified atom stereocenters. The van der Waals surface area contributed by atoms with Crippen LogP contribution in [-0.2, 0) is 4.74 Å². The van der Waals surface area contributed by atoms with Gasteiger partial charge in [-0.25, -0.2) is 9.37 Å². The lowest BCUT2D eigenvalue weighted by Crippen LogP contribution is -2.29. The van der Waals surface area contributed by atoms with E-state index < -0.39 is 24.5 Å². The van der Waals surface area contributed by atoms with Crippen molar-refractivity contribution in [2.24, 2.45) is 0 Å².